The van der Waals surface area contributed by atoms with E-state index in [1.807, 2.05) is 0 Å². The monoisotopic (exact) mass is 443 g/mol. The molecular weight excluding hydrogens is 418 g/mol. The van der Waals surface area contributed by atoms with Crippen LogP contribution in [0.15, 0.2) is 52.1 Å². The van der Waals surface area contributed by atoms with Gasteiger partial charge < -0.3 is 24.6 Å². The molecule has 1 aromatic heterocycles. The molecule has 3 aromatic rings. The molecule has 2 aromatic carbocycles. The van der Waals surface area contributed by atoms with Crippen molar-refractivity contribution in [1.29, 1.82) is 0 Å². The van der Waals surface area contributed by atoms with E-state index < -0.39 is 17.4 Å². The van der Waals surface area contributed by atoms with Crippen LogP contribution in [-0.2, 0) is 11.3 Å². The van der Waals surface area contributed by atoms with E-state index in [-0.39, 0.29) is 32.0 Å². The lowest BCUT2D eigenvalue weighted by atomic mass is 10.2. The standard InChI is InChI=1S/C22H25N3O7/c1-30-17-8-5-9-18(31-2)20(17)32-13-14(26)12-23-19(27)10-11-25-16-7-4-3-6-15(16)21(28)24-22(25)29/h3-9,14,26H,10-13H2,1-2H3,(H,23,27)(H,24,28,29). The topological polar surface area (TPSA) is 132 Å². The van der Waals surface area contributed by atoms with Gasteiger partial charge in [0.25, 0.3) is 5.56 Å². The van der Waals surface area contributed by atoms with Crippen molar-refractivity contribution >= 4 is 16.8 Å². The average molecular weight is 443 g/mol. The van der Waals surface area contributed by atoms with Crippen LogP contribution in [0.2, 0.25) is 0 Å². The Morgan fingerprint density at radius 1 is 1.09 bits per heavy atom. The molecular formula is C22H25N3O7. The van der Waals surface area contributed by atoms with E-state index >= 15 is 0 Å². The van der Waals surface area contributed by atoms with Gasteiger partial charge >= 0.3 is 5.69 Å². The van der Waals surface area contributed by atoms with Crippen LogP contribution < -0.4 is 30.8 Å². The van der Waals surface area contributed by atoms with Gasteiger partial charge in [-0.3, -0.25) is 19.1 Å². The summed E-state index contributed by atoms with van der Waals surface area (Å²) in [5.41, 5.74) is -0.602. The number of H-pyrrole nitrogens is 1. The molecule has 10 nitrogen and oxygen atoms in total. The molecule has 0 bridgehead atoms. The zero-order chi connectivity index (χ0) is 23.1. The van der Waals surface area contributed by atoms with Crippen LogP contribution in [0, 0.1) is 0 Å². The minimum atomic E-state index is -0.981. The molecule has 0 radical (unpaired) electrons. The molecule has 0 saturated heterocycles. The van der Waals surface area contributed by atoms with E-state index in [2.05, 4.69) is 10.3 Å². The molecule has 3 rings (SSSR count). The summed E-state index contributed by atoms with van der Waals surface area (Å²) in [5, 5.41) is 13.1. The normalized spacial score (nSPS) is 11.7. The van der Waals surface area contributed by atoms with Gasteiger partial charge in [0.05, 0.1) is 25.1 Å². The number of nitrogens with one attached hydrogen (secondary N) is 2. The van der Waals surface area contributed by atoms with Crippen LogP contribution in [-0.4, -0.2) is 54.0 Å². The lowest BCUT2D eigenvalue weighted by Gasteiger charge is -2.17. The third-order valence-electron chi connectivity index (χ3n) is 4.81. The zero-order valence-corrected chi connectivity index (χ0v) is 17.8. The van der Waals surface area contributed by atoms with Gasteiger partial charge in [0, 0.05) is 19.5 Å². The maximum absolute atomic E-state index is 12.2. The number of carbonyl (C=O) groups excluding carboxylic acids is 1. The Labute approximate surface area is 183 Å². The molecule has 1 atom stereocenters. The fourth-order valence-electron chi connectivity index (χ4n) is 3.20. The molecule has 170 valence electrons. The molecule has 0 fully saturated rings. The van der Waals surface area contributed by atoms with Crippen LogP contribution in [0.5, 0.6) is 17.2 Å². The van der Waals surface area contributed by atoms with Crippen LogP contribution in [0.3, 0.4) is 0 Å². The average Bonchev–Trinajstić information content (AvgIpc) is 2.80. The molecule has 0 aliphatic carbocycles. The molecule has 0 aliphatic rings. The number of fused-ring (bicyclic) bond motifs is 1. The highest BCUT2D eigenvalue weighted by atomic mass is 16.5. The zero-order valence-electron chi connectivity index (χ0n) is 17.8. The van der Waals surface area contributed by atoms with Crippen molar-refractivity contribution in [2.75, 3.05) is 27.4 Å². The number of hydrogen-bond donors (Lipinski definition) is 3. The van der Waals surface area contributed by atoms with Gasteiger partial charge in [-0.05, 0) is 24.3 Å². The Morgan fingerprint density at radius 2 is 1.78 bits per heavy atom. The number of aryl methyl sites for hydroxylation is 1. The van der Waals surface area contributed by atoms with Crippen molar-refractivity contribution in [1.82, 2.24) is 14.9 Å². The maximum atomic E-state index is 12.2. The summed E-state index contributed by atoms with van der Waals surface area (Å²) >= 11 is 0. The number of hydrogen-bond acceptors (Lipinski definition) is 7. The lowest BCUT2D eigenvalue weighted by molar-refractivity contribution is -0.121. The number of rotatable bonds is 10. The Balaban J connectivity index is 1.54. The van der Waals surface area contributed by atoms with Gasteiger partial charge in [-0.1, -0.05) is 18.2 Å². The number of methoxy groups -OCH3 is 2. The van der Waals surface area contributed by atoms with E-state index in [0.717, 1.165) is 0 Å². The summed E-state index contributed by atoms with van der Waals surface area (Å²) in [7, 11) is 2.99. The number of ether oxygens (including phenoxy) is 3. The first-order chi connectivity index (χ1) is 15.4. The van der Waals surface area contributed by atoms with Crippen molar-refractivity contribution in [2.45, 2.75) is 19.1 Å². The van der Waals surface area contributed by atoms with Crippen LogP contribution >= 0.6 is 0 Å². The first-order valence-corrected chi connectivity index (χ1v) is 9.95. The number of carbonyl (C=O) groups is 1. The molecule has 1 amide bonds. The highest BCUT2D eigenvalue weighted by Crippen LogP contribution is 2.36. The predicted molar refractivity (Wildman–Crippen MR) is 118 cm³/mol. The van der Waals surface area contributed by atoms with Gasteiger partial charge in [-0.15, -0.1) is 0 Å². The van der Waals surface area contributed by atoms with Gasteiger partial charge in [0.15, 0.2) is 11.5 Å². The van der Waals surface area contributed by atoms with Gasteiger partial charge in [-0.2, -0.15) is 0 Å². The Morgan fingerprint density at radius 3 is 2.47 bits per heavy atom. The second-order valence-electron chi connectivity index (χ2n) is 6.94. The Bertz CT molecular complexity index is 1180. The largest absolute Gasteiger partial charge is 0.493 e. The fourth-order valence-corrected chi connectivity index (χ4v) is 3.20. The van der Waals surface area contributed by atoms with E-state index in [1.165, 1.54) is 18.8 Å². The number of aliphatic hydroxyl groups is 1. The number of nitrogens with zero attached hydrogens (tertiary/aromatic N) is 1. The van der Waals surface area contributed by atoms with E-state index in [1.54, 1.807) is 42.5 Å². The predicted octanol–water partition coefficient (Wildman–Crippen LogP) is 0.653. The summed E-state index contributed by atoms with van der Waals surface area (Å²) in [6.07, 6.45) is -0.991. The summed E-state index contributed by atoms with van der Waals surface area (Å²) in [6, 6.07) is 11.8. The van der Waals surface area contributed by atoms with Crippen molar-refractivity contribution in [2.24, 2.45) is 0 Å². The first kappa shape index (κ1) is 22.9. The van der Waals surface area contributed by atoms with E-state index in [9.17, 15) is 19.5 Å². The van der Waals surface area contributed by atoms with Gasteiger partial charge in [-0.25, -0.2) is 4.79 Å². The second kappa shape index (κ2) is 10.5. The molecule has 1 heterocycles. The summed E-state index contributed by atoms with van der Waals surface area (Å²) in [6.45, 7) is -0.0639. The van der Waals surface area contributed by atoms with E-state index in [4.69, 9.17) is 14.2 Å². The van der Waals surface area contributed by atoms with Gasteiger partial charge in [0.2, 0.25) is 11.7 Å². The first-order valence-electron chi connectivity index (χ1n) is 9.95. The molecule has 3 N–H and O–H groups in total. The van der Waals surface area contributed by atoms with Crippen LogP contribution in [0.4, 0.5) is 0 Å². The van der Waals surface area contributed by atoms with E-state index in [0.29, 0.717) is 28.2 Å². The minimum absolute atomic E-state index is 0.0101. The van der Waals surface area contributed by atoms with Crippen molar-refractivity contribution in [3.05, 3.63) is 63.3 Å². The number of aromatic nitrogens is 2. The lowest BCUT2D eigenvalue weighted by Crippen LogP contribution is -2.37. The summed E-state index contributed by atoms with van der Waals surface area (Å²) in [4.78, 5) is 38.5. The molecule has 32 heavy (non-hydrogen) atoms. The Hall–Kier alpha value is -3.79. The van der Waals surface area contributed by atoms with Gasteiger partial charge in [0.1, 0.15) is 12.7 Å². The number of amides is 1. The quantitative estimate of drug-likeness (QED) is 0.419. The number of aliphatic hydroxyl groups excluding tert-OH is 1. The molecule has 0 spiro atoms. The van der Waals surface area contributed by atoms with Crippen LogP contribution in [0.25, 0.3) is 10.9 Å². The smallest absolute Gasteiger partial charge is 0.328 e. The summed E-state index contributed by atoms with van der Waals surface area (Å²) < 4.78 is 17.4. The molecule has 10 heteroatoms. The van der Waals surface area contributed by atoms with Crippen molar-refractivity contribution < 1.29 is 24.1 Å². The molecule has 0 saturated carbocycles. The number of benzene rings is 2. The SMILES string of the molecule is COc1cccc(OC)c1OCC(O)CNC(=O)CCn1c(=O)[nH]c(=O)c2ccccc21. The summed E-state index contributed by atoms with van der Waals surface area (Å²) in [5.74, 6) is 0.909. The highest BCUT2D eigenvalue weighted by molar-refractivity contribution is 5.78. The third-order valence-corrected chi connectivity index (χ3v) is 4.81. The second-order valence-corrected chi connectivity index (χ2v) is 6.94. The fraction of sp³-hybridized carbons (Fsp3) is 0.318. The Kier molecular flexibility index (Phi) is 7.50. The minimum Gasteiger partial charge on any atom is -0.493 e. The van der Waals surface area contributed by atoms with Crippen molar-refractivity contribution in [3.8, 4) is 17.2 Å². The highest BCUT2D eigenvalue weighted by Gasteiger charge is 2.15. The van der Waals surface area contributed by atoms with Crippen molar-refractivity contribution in [3.63, 3.8) is 0 Å². The maximum Gasteiger partial charge on any atom is 0.328 e. The third kappa shape index (κ3) is 5.27. The number of aromatic amines is 1. The molecule has 1 unspecified atom stereocenters. The molecule has 0 aliphatic heterocycles. The number of para-hydroxylation sites is 2. The van der Waals surface area contributed by atoms with Crippen LogP contribution in [0.1, 0.15) is 6.42 Å².